The van der Waals surface area contributed by atoms with E-state index in [1.54, 1.807) is 17.7 Å². The molecular formula is C13H17BrN4S. The normalized spacial score (nSPS) is 12.2. The highest BCUT2D eigenvalue weighted by Gasteiger charge is 2.11. The molecule has 2 rings (SSSR count). The molecule has 102 valence electrons. The van der Waals surface area contributed by atoms with E-state index < -0.39 is 0 Å². The lowest BCUT2D eigenvalue weighted by Gasteiger charge is -2.16. The molecular weight excluding hydrogens is 324 g/mol. The molecule has 1 atom stereocenters. The topological polar surface area (TPSA) is 49.8 Å². The number of hydrogen-bond acceptors (Lipinski definition) is 5. The summed E-state index contributed by atoms with van der Waals surface area (Å²) < 4.78 is 0.884. The van der Waals surface area contributed by atoms with Crippen molar-refractivity contribution in [1.82, 2.24) is 9.97 Å². The van der Waals surface area contributed by atoms with Crippen molar-refractivity contribution in [3.63, 3.8) is 0 Å². The third kappa shape index (κ3) is 3.91. The molecule has 2 aromatic heterocycles. The summed E-state index contributed by atoms with van der Waals surface area (Å²) in [4.78, 5) is 9.86. The van der Waals surface area contributed by atoms with Crippen molar-refractivity contribution in [2.45, 2.75) is 26.3 Å². The molecule has 2 heterocycles. The van der Waals surface area contributed by atoms with Gasteiger partial charge < -0.3 is 10.6 Å². The Labute approximate surface area is 125 Å². The molecule has 0 spiro atoms. The molecule has 2 aromatic rings. The summed E-state index contributed by atoms with van der Waals surface area (Å²) in [5.74, 6) is 1.65. The van der Waals surface area contributed by atoms with Crippen molar-refractivity contribution in [2.75, 3.05) is 17.2 Å². The number of rotatable bonds is 6. The van der Waals surface area contributed by atoms with Crippen LogP contribution < -0.4 is 10.6 Å². The van der Waals surface area contributed by atoms with Gasteiger partial charge >= 0.3 is 0 Å². The summed E-state index contributed by atoms with van der Waals surface area (Å²) in [6, 6.07) is 4.55. The van der Waals surface area contributed by atoms with Gasteiger partial charge in [-0.2, -0.15) is 0 Å². The largest absolute Gasteiger partial charge is 0.369 e. The monoisotopic (exact) mass is 340 g/mol. The van der Waals surface area contributed by atoms with E-state index in [4.69, 9.17) is 0 Å². The van der Waals surface area contributed by atoms with E-state index in [1.807, 2.05) is 6.92 Å². The molecule has 0 aliphatic carbocycles. The third-order valence-electron chi connectivity index (χ3n) is 2.60. The number of aromatic nitrogens is 2. The highest BCUT2D eigenvalue weighted by molar-refractivity contribution is 9.10. The van der Waals surface area contributed by atoms with Crippen molar-refractivity contribution < 1.29 is 0 Å². The second kappa shape index (κ2) is 6.86. The van der Waals surface area contributed by atoms with Crippen LogP contribution in [0.1, 0.15) is 18.7 Å². The van der Waals surface area contributed by atoms with Gasteiger partial charge in [-0.1, -0.05) is 6.07 Å². The first-order valence-corrected chi connectivity index (χ1v) is 7.91. The maximum atomic E-state index is 4.28. The van der Waals surface area contributed by atoms with Gasteiger partial charge in [0.1, 0.15) is 22.4 Å². The first-order valence-electron chi connectivity index (χ1n) is 6.24. The Hall–Kier alpha value is -1.14. The quantitative estimate of drug-likeness (QED) is 0.840. The zero-order chi connectivity index (χ0) is 13.7. The van der Waals surface area contributed by atoms with Gasteiger partial charge in [0.2, 0.25) is 0 Å². The molecule has 0 aromatic carbocycles. The van der Waals surface area contributed by atoms with Gasteiger partial charge in [-0.3, -0.25) is 0 Å². The predicted molar refractivity (Wildman–Crippen MR) is 85.0 cm³/mol. The van der Waals surface area contributed by atoms with Gasteiger partial charge in [0.25, 0.3) is 0 Å². The van der Waals surface area contributed by atoms with E-state index in [9.17, 15) is 0 Å². The lowest BCUT2D eigenvalue weighted by molar-refractivity contribution is 0.792. The fourth-order valence-corrected chi connectivity index (χ4v) is 3.07. The summed E-state index contributed by atoms with van der Waals surface area (Å²) in [6.45, 7) is 5.03. The van der Waals surface area contributed by atoms with E-state index >= 15 is 0 Å². The highest BCUT2D eigenvalue weighted by atomic mass is 79.9. The number of nitrogens with zero attached hydrogens (tertiary/aromatic N) is 2. The molecule has 6 heteroatoms. The minimum absolute atomic E-state index is 0.319. The Kier molecular flexibility index (Phi) is 5.15. The van der Waals surface area contributed by atoms with Crippen LogP contribution >= 0.6 is 27.3 Å². The van der Waals surface area contributed by atoms with Crippen molar-refractivity contribution >= 4 is 38.9 Å². The predicted octanol–water partition coefficient (Wildman–Crippen LogP) is 3.78. The Bertz CT molecular complexity index is 515. The number of halogens is 1. The van der Waals surface area contributed by atoms with Crippen LogP contribution in [-0.4, -0.2) is 22.6 Å². The van der Waals surface area contributed by atoms with E-state index in [0.29, 0.717) is 6.04 Å². The first-order chi connectivity index (χ1) is 9.20. The molecule has 0 bridgehead atoms. The number of hydrogen-bond donors (Lipinski definition) is 2. The molecule has 0 radical (unpaired) electrons. The van der Waals surface area contributed by atoms with Crippen LogP contribution in [0.25, 0.3) is 0 Å². The molecule has 0 aliphatic rings. The zero-order valence-electron chi connectivity index (χ0n) is 11.0. The Morgan fingerprint density at radius 2 is 2.16 bits per heavy atom. The SMILES string of the molecule is CCNc1ncnc(NC(C)Cc2cccs2)c1Br. The fraction of sp³-hybridized carbons (Fsp3) is 0.385. The smallest absolute Gasteiger partial charge is 0.146 e. The fourth-order valence-electron chi connectivity index (χ4n) is 1.78. The lowest BCUT2D eigenvalue weighted by Crippen LogP contribution is -2.19. The number of thiophene rings is 1. The summed E-state index contributed by atoms with van der Waals surface area (Å²) in [6.07, 6.45) is 2.56. The van der Waals surface area contributed by atoms with Crippen LogP contribution in [0.2, 0.25) is 0 Å². The molecule has 1 unspecified atom stereocenters. The van der Waals surface area contributed by atoms with Gasteiger partial charge in [-0.25, -0.2) is 9.97 Å². The van der Waals surface area contributed by atoms with Crippen LogP contribution in [0.3, 0.4) is 0 Å². The Morgan fingerprint density at radius 1 is 1.37 bits per heavy atom. The van der Waals surface area contributed by atoms with Crippen LogP contribution in [0.4, 0.5) is 11.6 Å². The van der Waals surface area contributed by atoms with E-state index in [-0.39, 0.29) is 0 Å². The minimum Gasteiger partial charge on any atom is -0.369 e. The molecule has 2 N–H and O–H groups in total. The van der Waals surface area contributed by atoms with E-state index in [2.05, 4.69) is 61.0 Å². The van der Waals surface area contributed by atoms with Gasteiger partial charge in [0, 0.05) is 23.9 Å². The summed E-state index contributed by atoms with van der Waals surface area (Å²) in [5, 5.41) is 8.72. The van der Waals surface area contributed by atoms with Crippen molar-refractivity contribution in [3.8, 4) is 0 Å². The summed E-state index contributed by atoms with van der Waals surface area (Å²) in [5.41, 5.74) is 0. The van der Waals surface area contributed by atoms with E-state index in [0.717, 1.165) is 29.1 Å². The van der Waals surface area contributed by atoms with Crippen molar-refractivity contribution in [2.24, 2.45) is 0 Å². The Balaban J connectivity index is 2.04. The first kappa shape index (κ1) is 14.3. The molecule has 0 aliphatic heterocycles. The van der Waals surface area contributed by atoms with Gasteiger partial charge in [0.05, 0.1) is 0 Å². The van der Waals surface area contributed by atoms with Gasteiger partial charge in [-0.15, -0.1) is 11.3 Å². The van der Waals surface area contributed by atoms with Crippen molar-refractivity contribution in [1.29, 1.82) is 0 Å². The van der Waals surface area contributed by atoms with Crippen molar-refractivity contribution in [3.05, 3.63) is 33.2 Å². The molecule has 0 fully saturated rings. The van der Waals surface area contributed by atoms with Crippen LogP contribution in [0, 0.1) is 0 Å². The summed E-state index contributed by atoms with van der Waals surface area (Å²) >= 11 is 5.32. The second-order valence-electron chi connectivity index (χ2n) is 4.24. The third-order valence-corrected chi connectivity index (χ3v) is 4.25. The van der Waals surface area contributed by atoms with Gasteiger partial charge in [0.15, 0.2) is 0 Å². The van der Waals surface area contributed by atoms with Crippen LogP contribution in [-0.2, 0) is 6.42 Å². The molecule has 0 saturated heterocycles. The molecule has 0 saturated carbocycles. The maximum absolute atomic E-state index is 4.28. The average Bonchev–Trinajstić information content (AvgIpc) is 2.87. The second-order valence-corrected chi connectivity index (χ2v) is 6.07. The summed E-state index contributed by atoms with van der Waals surface area (Å²) in [7, 11) is 0. The number of nitrogens with one attached hydrogen (secondary N) is 2. The van der Waals surface area contributed by atoms with Gasteiger partial charge in [-0.05, 0) is 41.2 Å². The standard InChI is InChI=1S/C13H17BrN4S/c1-3-15-12-11(14)13(17-8-16-12)18-9(2)7-10-5-4-6-19-10/h4-6,8-9H,3,7H2,1-2H3,(H2,15,16,17,18). The van der Waals surface area contributed by atoms with Crippen LogP contribution in [0.5, 0.6) is 0 Å². The average molecular weight is 341 g/mol. The lowest BCUT2D eigenvalue weighted by atomic mass is 10.2. The minimum atomic E-state index is 0.319. The number of anilines is 2. The Morgan fingerprint density at radius 3 is 2.84 bits per heavy atom. The molecule has 4 nitrogen and oxygen atoms in total. The maximum Gasteiger partial charge on any atom is 0.146 e. The zero-order valence-corrected chi connectivity index (χ0v) is 13.4. The van der Waals surface area contributed by atoms with Crippen LogP contribution in [0.15, 0.2) is 28.3 Å². The molecule has 19 heavy (non-hydrogen) atoms. The van der Waals surface area contributed by atoms with E-state index in [1.165, 1.54) is 4.88 Å². The highest BCUT2D eigenvalue weighted by Crippen LogP contribution is 2.27. The molecule has 0 amide bonds.